The standard InChI is InChI=1S/C12H12N2O2/c1-13-7-8-2-4-9(5-3-8)14-10-6-11(15)12(10)16/h2-6,13-14H,7H2,1H3. The van der Waals surface area contributed by atoms with Gasteiger partial charge in [0.05, 0.1) is 5.69 Å². The number of nitrogens with one attached hydrogen (secondary N) is 2. The van der Waals surface area contributed by atoms with Crippen molar-refractivity contribution in [1.29, 1.82) is 0 Å². The van der Waals surface area contributed by atoms with Gasteiger partial charge in [-0.15, -0.1) is 0 Å². The van der Waals surface area contributed by atoms with Crippen LogP contribution in [0.4, 0.5) is 11.4 Å². The van der Waals surface area contributed by atoms with Crippen molar-refractivity contribution in [2.24, 2.45) is 0 Å². The van der Waals surface area contributed by atoms with Crippen molar-refractivity contribution in [3.63, 3.8) is 0 Å². The number of hydrogen-bond acceptors (Lipinski definition) is 4. The van der Waals surface area contributed by atoms with Crippen molar-refractivity contribution >= 4 is 11.4 Å². The van der Waals surface area contributed by atoms with Crippen LogP contribution in [0.1, 0.15) is 5.56 Å². The lowest BCUT2D eigenvalue weighted by atomic mass is 10.2. The summed E-state index contributed by atoms with van der Waals surface area (Å²) in [7, 11) is 1.88. The van der Waals surface area contributed by atoms with Gasteiger partial charge in [0.2, 0.25) is 10.9 Å². The monoisotopic (exact) mass is 216 g/mol. The molecule has 0 radical (unpaired) electrons. The molecule has 2 aromatic rings. The minimum Gasteiger partial charge on any atom is -0.352 e. The van der Waals surface area contributed by atoms with Crippen LogP contribution in [0.5, 0.6) is 0 Å². The Morgan fingerprint density at radius 3 is 2.31 bits per heavy atom. The van der Waals surface area contributed by atoms with Gasteiger partial charge >= 0.3 is 0 Å². The van der Waals surface area contributed by atoms with Gasteiger partial charge < -0.3 is 10.6 Å². The molecule has 2 aromatic carbocycles. The van der Waals surface area contributed by atoms with Gasteiger partial charge in [0.1, 0.15) is 0 Å². The third kappa shape index (κ3) is 2.01. The van der Waals surface area contributed by atoms with E-state index >= 15 is 0 Å². The molecule has 4 nitrogen and oxygen atoms in total. The molecule has 0 aliphatic heterocycles. The van der Waals surface area contributed by atoms with E-state index in [4.69, 9.17) is 0 Å². The fourth-order valence-electron chi connectivity index (χ4n) is 1.48. The molecule has 16 heavy (non-hydrogen) atoms. The molecule has 0 unspecified atom stereocenters. The molecule has 4 heteroatoms. The minimum absolute atomic E-state index is 0.367. The minimum atomic E-state index is -0.445. The quantitative estimate of drug-likeness (QED) is 0.740. The van der Waals surface area contributed by atoms with Gasteiger partial charge in [-0.05, 0) is 24.7 Å². The second kappa shape index (κ2) is 4.28. The van der Waals surface area contributed by atoms with Crippen molar-refractivity contribution in [2.45, 2.75) is 6.54 Å². The van der Waals surface area contributed by atoms with Crippen LogP contribution in [0.15, 0.2) is 39.9 Å². The van der Waals surface area contributed by atoms with Crippen molar-refractivity contribution < 1.29 is 0 Å². The lowest BCUT2D eigenvalue weighted by Crippen LogP contribution is -2.31. The van der Waals surface area contributed by atoms with Crippen molar-refractivity contribution in [2.75, 3.05) is 12.4 Å². The molecule has 0 heterocycles. The van der Waals surface area contributed by atoms with Gasteiger partial charge in [-0.2, -0.15) is 0 Å². The summed E-state index contributed by atoms with van der Waals surface area (Å²) < 4.78 is 0. The highest BCUT2D eigenvalue weighted by Gasteiger charge is 2.08. The lowest BCUT2D eigenvalue weighted by Gasteiger charge is -2.07. The molecule has 2 N–H and O–H groups in total. The Bertz CT molecular complexity index is 551. The van der Waals surface area contributed by atoms with Crippen molar-refractivity contribution in [3.05, 3.63) is 56.3 Å². The summed E-state index contributed by atoms with van der Waals surface area (Å²) in [6.45, 7) is 0.806. The summed E-state index contributed by atoms with van der Waals surface area (Å²) in [5.74, 6) is 0. The van der Waals surface area contributed by atoms with Gasteiger partial charge in [0, 0.05) is 18.3 Å². The average Bonchev–Trinajstić information content (AvgIpc) is 2.31. The molecule has 0 spiro atoms. The van der Waals surface area contributed by atoms with Crippen molar-refractivity contribution in [1.82, 2.24) is 5.32 Å². The smallest absolute Gasteiger partial charge is 0.249 e. The molecule has 0 aromatic heterocycles. The first-order chi connectivity index (χ1) is 7.70. The molecule has 0 aliphatic carbocycles. The van der Waals surface area contributed by atoms with E-state index in [1.807, 2.05) is 31.3 Å². The second-order valence-electron chi connectivity index (χ2n) is 3.60. The Balaban J connectivity index is 2.09. The summed E-state index contributed by atoms with van der Waals surface area (Å²) in [6, 6.07) is 8.99. The van der Waals surface area contributed by atoms with E-state index < -0.39 is 10.9 Å². The van der Waals surface area contributed by atoms with E-state index in [2.05, 4.69) is 10.6 Å². The van der Waals surface area contributed by atoms with E-state index in [9.17, 15) is 9.59 Å². The van der Waals surface area contributed by atoms with Gasteiger partial charge in [-0.1, -0.05) is 12.1 Å². The number of rotatable bonds is 4. The first-order valence-corrected chi connectivity index (χ1v) is 5.01. The van der Waals surface area contributed by atoms with Gasteiger partial charge in [0.15, 0.2) is 0 Å². The van der Waals surface area contributed by atoms with E-state index in [0.29, 0.717) is 5.69 Å². The number of benzene rings is 1. The highest BCUT2D eigenvalue weighted by Crippen LogP contribution is 2.13. The Labute approximate surface area is 92.6 Å². The molecule has 0 amide bonds. The molecule has 82 valence electrons. The molecular formula is C12H12N2O2. The topological polar surface area (TPSA) is 58.2 Å². The van der Waals surface area contributed by atoms with E-state index in [1.165, 1.54) is 6.07 Å². The average molecular weight is 216 g/mol. The van der Waals surface area contributed by atoms with Crippen LogP contribution in [0.3, 0.4) is 0 Å². The number of hydrogen-bond donors (Lipinski definition) is 2. The fourth-order valence-corrected chi connectivity index (χ4v) is 1.48. The summed E-state index contributed by atoms with van der Waals surface area (Å²) in [5.41, 5.74) is 1.46. The van der Waals surface area contributed by atoms with Crippen LogP contribution in [0, 0.1) is 0 Å². The van der Waals surface area contributed by atoms with Gasteiger partial charge in [-0.3, -0.25) is 9.59 Å². The molecular weight excluding hydrogens is 204 g/mol. The van der Waals surface area contributed by atoms with Crippen LogP contribution < -0.4 is 21.5 Å². The Morgan fingerprint density at radius 2 is 1.81 bits per heavy atom. The zero-order chi connectivity index (χ0) is 11.5. The Kier molecular flexibility index (Phi) is 2.83. The summed E-state index contributed by atoms with van der Waals surface area (Å²) in [6.07, 6.45) is 0. The lowest BCUT2D eigenvalue weighted by molar-refractivity contribution is 0.818. The maximum atomic E-state index is 11.0. The largest absolute Gasteiger partial charge is 0.352 e. The predicted molar refractivity (Wildman–Crippen MR) is 63.8 cm³/mol. The van der Waals surface area contributed by atoms with Crippen LogP contribution >= 0.6 is 0 Å². The zero-order valence-corrected chi connectivity index (χ0v) is 8.91. The summed E-state index contributed by atoms with van der Waals surface area (Å²) >= 11 is 0. The highest BCUT2D eigenvalue weighted by molar-refractivity contribution is 5.61. The van der Waals surface area contributed by atoms with Crippen molar-refractivity contribution in [3.8, 4) is 0 Å². The van der Waals surface area contributed by atoms with E-state index in [0.717, 1.165) is 17.8 Å². The molecule has 0 aliphatic rings. The first kappa shape index (κ1) is 10.6. The third-order valence-electron chi connectivity index (χ3n) is 2.36. The first-order valence-electron chi connectivity index (χ1n) is 5.01. The van der Waals surface area contributed by atoms with Gasteiger partial charge in [-0.25, -0.2) is 0 Å². The van der Waals surface area contributed by atoms with E-state index in [1.54, 1.807) is 0 Å². The molecule has 0 atom stereocenters. The highest BCUT2D eigenvalue weighted by atomic mass is 16.2. The SMILES string of the molecule is CNCc1ccc(Nc2cc(=O)c2=O)cc1. The van der Waals surface area contributed by atoms with E-state index in [-0.39, 0.29) is 0 Å². The van der Waals surface area contributed by atoms with Crippen LogP contribution in [0.2, 0.25) is 0 Å². The number of anilines is 2. The maximum absolute atomic E-state index is 11.0. The van der Waals surface area contributed by atoms with Crippen LogP contribution in [0.25, 0.3) is 0 Å². The second-order valence-corrected chi connectivity index (χ2v) is 3.60. The molecule has 0 saturated carbocycles. The summed E-state index contributed by atoms with van der Waals surface area (Å²) in [5, 5.41) is 5.95. The molecule has 0 fully saturated rings. The summed E-state index contributed by atoms with van der Waals surface area (Å²) in [4.78, 5) is 21.7. The normalized spacial score (nSPS) is 10.6. The van der Waals surface area contributed by atoms with Crippen LogP contribution in [-0.4, -0.2) is 7.05 Å². The zero-order valence-electron chi connectivity index (χ0n) is 8.91. The molecule has 0 saturated heterocycles. The fraction of sp³-hybridized carbons (Fsp3) is 0.167. The van der Waals surface area contributed by atoms with Crippen LogP contribution in [-0.2, 0) is 6.54 Å². The molecule has 2 rings (SSSR count). The predicted octanol–water partition coefficient (Wildman–Crippen LogP) is 0.746. The Morgan fingerprint density at radius 1 is 1.12 bits per heavy atom. The molecule has 0 bridgehead atoms. The third-order valence-corrected chi connectivity index (χ3v) is 2.36. The maximum Gasteiger partial charge on any atom is 0.249 e. The Hall–Kier alpha value is -1.94. The van der Waals surface area contributed by atoms with Gasteiger partial charge in [0.25, 0.3) is 0 Å².